The maximum Gasteiger partial charge on any atom is 0.255 e. The van der Waals surface area contributed by atoms with E-state index < -0.39 is 0 Å². The third kappa shape index (κ3) is 4.81. The van der Waals surface area contributed by atoms with Gasteiger partial charge in [-0.05, 0) is 44.0 Å². The Labute approximate surface area is 138 Å². The van der Waals surface area contributed by atoms with Gasteiger partial charge in [0.15, 0.2) is 0 Å². The van der Waals surface area contributed by atoms with Crippen LogP contribution in [0.15, 0.2) is 42.6 Å². The summed E-state index contributed by atoms with van der Waals surface area (Å²) in [6.45, 7) is 7.80. The number of nitrogens with zero attached hydrogens (tertiary/aromatic N) is 2. The molecule has 4 heteroatoms. The molecule has 2 aromatic rings. The molecule has 0 spiro atoms. The number of hydrogen-bond acceptors (Lipinski definition) is 3. The predicted octanol–water partition coefficient (Wildman–Crippen LogP) is 4.40. The van der Waals surface area contributed by atoms with Crippen molar-refractivity contribution >= 4 is 17.4 Å². The van der Waals surface area contributed by atoms with Gasteiger partial charge in [-0.25, -0.2) is 4.98 Å². The van der Waals surface area contributed by atoms with Crippen LogP contribution in [0.4, 0.5) is 11.5 Å². The molecule has 122 valence electrons. The molecule has 0 bridgehead atoms. The summed E-state index contributed by atoms with van der Waals surface area (Å²) in [7, 11) is 0. The number of aromatic nitrogens is 1. The van der Waals surface area contributed by atoms with Crippen LogP contribution in [0.2, 0.25) is 0 Å². The Morgan fingerprint density at radius 1 is 1.04 bits per heavy atom. The van der Waals surface area contributed by atoms with E-state index in [1.165, 1.54) is 5.56 Å². The Balaban J connectivity index is 2.05. The van der Waals surface area contributed by atoms with Crippen molar-refractivity contribution in [3.8, 4) is 0 Å². The average molecular weight is 311 g/mol. The third-order valence-corrected chi connectivity index (χ3v) is 3.61. The van der Waals surface area contributed by atoms with Gasteiger partial charge in [0.05, 0.1) is 5.56 Å². The van der Waals surface area contributed by atoms with Crippen LogP contribution in [-0.2, 0) is 0 Å². The second kappa shape index (κ2) is 8.32. The van der Waals surface area contributed by atoms with Gasteiger partial charge in [-0.3, -0.25) is 4.79 Å². The molecular weight excluding hydrogens is 286 g/mol. The highest BCUT2D eigenvalue weighted by Crippen LogP contribution is 2.16. The minimum atomic E-state index is 0.0584. The van der Waals surface area contributed by atoms with E-state index in [0.29, 0.717) is 5.56 Å². The summed E-state index contributed by atoms with van der Waals surface area (Å²) in [5, 5.41) is 3.24. The Bertz CT molecular complexity index is 614. The average Bonchev–Trinajstić information content (AvgIpc) is 2.57. The number of anilines is 2. The molecule has 0 fully saturated rings. The number of carbonyl (C=O) groups is 1. The molecule has 0 saturated heterocycles. The van der Waals surface area contributed by atoms with Crippen molar-refractivity contribution in [2.75, 3.05) is 18.4 Å². The van der Waals surface area contributed by atoms with E-state index in [4.69, 9.17) is 0 Å². The zero-order chi connectivity index (χ0) is 16.7. The van der Waals surface area contributed by atoms with Crippen molar-refractivity contribution in [2.24, 2.45) is 0 Å². The van der Waals surface area contributed by atoms with E-state index in [9.17, 15) is 4.79 Å². The van der Waals surface area contributed by atoms with E-state index in [1.54, 1.807) is 6.20 Å². The highest BCUT2D eigenvalue weighted by Gasteiger charge is 2.14. The van der Waals surface area contributed by atoms with Crippen LogP contribution in [0.25, 0.3) is 0 Å². The molecule has 0 radical (unpaired) electrons. The molecule has 1 heterocycles. The van der Waals surface area contributed by atoms with Crippen LogP contribution >= 0.6 is 0 Å². The smallest absolute Gasteiger partial charge is 0.255 e. The summed E-state index contributed by atoms with van der Waals surface area (Å²) < 4.78 is 0. The van der Waals surface area contributed by atoms with Gasteiger partial charge in [0.1, 0.15) is 5.82 Å². The lowest BCUT2D eigenvalue weighted by molar-refractivity contribution is 0.0755. The minimum absolute atomic E-state index is 0.0584. The number of nitrogens with one attached hydrogen (secondary N) is 1. The number of amides is 1. The van der Waals surface area contributed by atoms with Crippen LogP contribution in [-0.4, -0.2) is 28.9 Å². The first-order valence-corrected chi connectivity index (χ1v) is 8.23. The molecule has 0 aliphatic heterocycles. The molecule has 2 rings (SSSR count). The van der Waals surface area contributed by atoms with Crippen molar-refractivity contribution in [1.82, 2.24) is 9.88 Å². The Kier molecular flexibility index (Phi) is 6.15. The van der Waals surface area contributed by atoms with Crippen molar-refractivity contribution in [3.05, 3.63) is 53.7 Å². The van der Waals surface area contributed by atoms with Gasteiger partial charge in [-0.15, -0.1) is 0 Å². The lowest BCUT2D eigenvalue weighted by Crippen LogP contribution is -2.32. The van der Waals surface area contributed by atoms with Crippen LogP contribution in [0.1, 0.15) is 42.6 Å². The quantitative estimate of drug-likeness (QED) is 0.824. The summed E-state index contributed by atoms with van der Waals surface area (Å²) in [4.78, 5) is 18.8. The normalized spacial score (nSPS) is 10.4. The fourth-order valence-electron chi connectivity index (χ4n) is 2.42. The van der Waals surface area contributed by atoms with Crippen LogP contribution in [0.5, 0.6) is 0 Å². The lowest BCUT2D eigenvalue weighted by atomic mass is 10.2. The first-order chi connectivity index (χ1) is 11.1. The number of hydrogen-bond donors (Lipinski definition) is 1. The molecule has 1 amide bonds. The van der Waals surface area contributed by atoms with Crippen LogP contribution in [0, 0.1) is 6.92 Å². The molecule has 0 unspecified atom stereocenters. The Morgan fingerprint density at radius 2 is 1.70 bits per heavy atom. The fraction of sp³-hybridized carbons (Fsp3) is 0.368. The van der Waals surface area contributed by atoms with Gasteiger partial charge in [0.2, 0.25) is 0 Å². The number of benzene rings is 1. The summed E-state index contributed by atoms with van der Waals surface area (Å²) in [5.41, 5.74) is 2.85. The largest absolute Gasteiger partial charge is 0.340 e. The second-order valence-electron chi connectivity index (χ2n) is 5.72. The lowest BCUT2D eigenvalue weighted by Gasteiger charge is -2.21. The number of pyridine rings is 1. The fourth-order valence-corrected chi connectivity index (χ4v) is 2.42. The topological polar surface area (TPSA) is 45.2 Å². The van der Waals surface area contributed by atoms with Crippen LogP contribution < -0.4 is 5.32 Å². The maximum atomic E-state index is 12.5. The Morgan fingerprint density at radius 3 is 2.22 bits per heavy atom. The number of rotatable bonds is 7. The van der Waals surface area contributed by atoms with Gasteiger partial charge in [0, 0.05) is 25.0 Å². The van der Waals surface area contributed by atoms with Gasteiger partial charge < -0.3 is 10.2 Å². The van der Waals surface area contributed by atoms with E-state index in [0.717, 1.165) is 37.4 Å². The van der Waals surface area contributed by atoms with Gasteiger partial charge in [-0.2, -0.15) is 0 Å². The summed E-state index contributed by atoms with van der Waals surface area (Å²) in [6.07, 6.45) is 3.58. The number of carbonyl (C=O) groups excluding carboxylic acids is 1. The molecule has 0 atom stereocenters. The molecule has 0 saturated carbocycles. The predicted molar refractivity (Wildman–Crippen MR) is 95.2 cm³/mol. The summed E-state index contributed by atoms with van der Waals surface area (Å²) >= 11 is 0. The summed E-state index contributed by atoms with van der Waals surface area (Å²) in [6, 6.07) is 11.8. The minimum Gasteiger partial charge on any atom is -0.340 e. The molecule has 1 N–H and O–H groups in total. The van der Waals surface area contributed by atoms with Crippen molar-refractivity contribution in [3.63, 3.8) is 0 Å². The van der Waals surface area contributed by atoms with E-state index in [-0.39, 0.29) is 5.91 Å². The van der Waals surface area contributed by atoms with Crippen molar-refractivity contribution in [2.45, 2.75) is 33.6 Å². The summed E-state index contributed by atoms with van der Waals surface area (Å²) in [5.74, 6) is 0.797. The van der Waals surface area contributed by atoms with Crippen molar-refractivity contribution < 1.29 is 4.79 Å². The highest BCUT2D eigenvalue weighted by atomic mass is 16.2. The zero-order valence-electron chi connectivity index (χ0n) is 14.2. The maximum absolute atomic E-state index is 12.5. The zero-order valence-corrected chi connectivity index (χ0v) is 14.2. The molecule has 23 heavy (non-hydrogen) atoms. The number of aryl methyl sites for hydroxylation is 1. The van der Waals surface area contributed by atoms with Crippen LogP contribution in [0.3, 0.4) is 0 Å². The molecular formula is C19H25N3O. The Hall–Kier alpha value is -2.36. The first-order valence-electron chi connectivity index (χ1n) is 8.23. The van der Waals surface area contributed by atoms with E-state index in [2.05, 4.69) is 31.1 Å². The van der Waals surface area contributed by atoms with Gasteiger partial charge >= 0.3 is 0 Å². The monoisotopic (exact) mass is 311 g/mol. The molecule has 1 aromatic heterocycles. The van der Waals surface area contributed by atoms with E-state index >= 15 is 0 Å². The molecule has 0 aliphatic rings. The van der Waals surface area contributed by atoms with Gasteiger partial charge in [0.25, 0.3) is 5.91 Å². The molecule has 1 aromatic carbocycles. The standard InChI is InChI=1S/C19H25N3O/c1-4-12-22(13-5-2)19(23)16-8-11-18(20-14-16)21-17-9-6-15(3)7-10-17/h6-11,14H,4-5,12-13H2,1-3H3,(H,20,21). The van der Waals surface area contributed by atoms with Gasteiger partial charge in [-0.1, -0.05) is 31.5 Å². The molecule has 0 aliphatic carbocycles. The SMILES string of the molecule is CCCN(CCC)C(=O)c1ccc(Nc2ccc(C)cc2)nc1. The first kappa shape index (κ1) is 17.0. The molecule has 4 nitrogen and oxygen atoms in total. The second-order valence-corrected chi connectivity index (χ2v) is 5.72. The highest BCUT2D eigenvalue weighted by molar-refractivity contribution is 5.94. The third-order valence-electron chi connectivity index (χ3n) is 3.61. The van der Waals surface area contributed by atoms with Crippen molar-refractivity contribution in [1.29, 1.82) is 0 Å². The van der Waals surface area contributed by atoms with E-state index in [1.807, 2.05) is 41.3 Å².